The molecule has 2 aliphatic rings. The molecule has 6 heteroatoms. The summed E-state index contributed by atoms with van der Waals surface area (Å²) in [5.74, 6) is -0.725. The zero-order valence-electron chi connectivity index (χ0n) is 13.3. The number of para-hydroxylation sites is 1. The summed E-state index contributed by atoms with van der Waals surface area (Å²) < 4.78 is 0. The van der Waals surface area contributed by atoms with Crippen molar-refractivity contribution < 1.29 is 9.59 Å². The third-order valence-electron chi connectivity index (χ3n) is 4.81. The highest BCUT2D eigenvalue weighted by molar-refractivity contribution is 6.44. The number of halogens is 2. The lowest BCUT2D eigenvalue weighted by Crippen LogP contribution is -2.32. The van der Waals surface area contributed by atoms with Crippen molar-refractivity contribution in [1.82, 2.24) is 0 Å². The van der Waals surface area contributed by atoms with Crippen LogP contribution in [0.4, 0.5) is 11.4 Å². The molecule has 1 N–H and O–H groups in total. The fraction of sp³-hybridized carbons (Fsp3) is 0.263. The lowest BCUT2D eigenvalue weighted by molar-refractivity contribution is -0.123. The summed E-state index contributed by atoms with van der Waals surface area (Å²) in [6.07, 6.45) is 1.44. The average molecular weight is 375 g/mol. The lowest BCUT2D eigenvalue weighted by Gasteiger charge is -2.17. The molecule has 4 rings (SSSR count). The van der Waals surface area contributed by atoms with Crippen LogP contribution in [0.5, 0.6) is 0 Å². The SMILES string of the molecule is O=C(Nc1cccc(Cl)c1Cl)C1CC1C(=O)N1CCc2ccccc21. The molecule has 2 amide bonds. The number of carbonyl (C=O) groups excluding carboxylic acids is 2. The van der Waals surface area contributed by atoms with Gasteiger partial charge >= 0.3 is 0 Å². The zero-order chi connectivity index (χ0) is 17.6. The second-order valence-corrected chi connectivity index (χ2v) is 7.19. The molecule has 1 heterocycles. The molecule has 1 aliphatic carbocycles. The van der Waals surface area contributed by atoms with Crippen molar-refractivity contribution in [2.75, 3.05) is 16.8 Å². The highest BCUT2D eigenvalue weighted by Gasteiger charge is 2.50. The van der Waals surface area contributed by atoms with Crippen molar-refractivity contribution in [2.45, 2.75) is 12.8 Å². The van der Waals surface area contributed by atoms with Gasteiger partial charge in [-0.15, -0.1) is 0 Å². The number of nitrogens with one attached hydrogen (secondary N) is 1. The predicted molar refractivity (Wildman–Crippen MR) is 99.2 cm³/mol. The lowest BCUT2D eigenvalue weighted by atomic mass is 10.2. The highest BCUT2D eigenvalue weighted by atomic mass is 35.5. The van der Waals surface area contributed by atoms with E-state index in [1.54, 1.807) is 23.1 Å². The van der Waals surface area contributed by atoms with E-state index in [1.165, 1.54) is 5.56 Å². The minimum Gasteiger partial charge on any atom is -0.324 e. The topological polar surface area (TPSA) is 49.4 Å². The molecular formula is C19H16Cl2N2O2. The molecule has 2 unspecified atom stereocenters. The van der Waals surface area contributed by atoms with Crippen LogP contribution in [0.15, 0.2) is 42.5 Å². The number of amides is 2. The Labute approximate surface area is 155 Å². The van der Waals surface area contributed by atoms with Crippen LogP contribution in [0.25, 0.3) is 0 Å². The molecule has 4 nitrogen and oxygen atoms in total. The standard InChI is InChI=1S/C19H16Cl2N2O2/c20-14-5-3-6-15(17(14)21)22-18(24)12-10-13(12)19(25)23-9-8-11-4-1-2-7-16(11)23/h1-7,12-13H,8-10H2,(H,22,24). The predicted octanol–water partition coefficient (Wildman–Crippen LogP) is 4.16. The van der Waals surface area contributed by atoms with Crippen LogP contribution in [-0.4, -0.2) is 18.4 Å². The first-order valence-electron chi connectivity index (χ1n) is 8.20. The number of nitrogens with zero attached hydrogens (tertiary/aromatic N) is 1. The van der Waals surface area contributed by atoms with Crippen LogP contribution in [-0.2, 0) is 16.0 Å². The third kappa shape index (κ3) is 3.00. The van der Waals surface area contributed by atoms with Gasteiger partial charge in [-0.1, -0.05) is 47.5 Å². The molecule has 1 saturated carbocycles. The van der Waals surface area contributed by atoms with Crippen LogP contribution >= 0.6 is 23.2 Å². The number of anilines is 2. The zero-order valence-corrected chi connectivity index (χ0v) is 14.8. The molecular weight excluding hydrogens is 359 g/mol. The molecule has 1 aliphatic heterocycles. The minimum absolute atomic E-state index is 0.0299. The summed E-state index contributed by atoms with van der Waals surface area (Å²) >= 11 is 12.1. The van der Waals surface area contributed by atoms with E-state index in [4.69, 9.17) is 23.2 Å². The maximum absolute atomic E-state index is 12.8. The van der Waals surface area contributed by atoms with Crippen LogP contribution in [0.1, 0.15) is 12.0 Å². The van der Waals surface area contributed by atoms with E-state index in [-0.39, 0.29) is 23.7 Å². The van der Waals surface area contributed by atoms with Gasteiger partial charge in [0.15, 0.2) is 0 Å². The summed E-state index contributed by atoms with van der Waals surface area (Å²) in [4.78, 5) is 27.0. The van der Waals surface area contributed by atoms with Gasteiger partial charge in [0.05, 0.1) is 27.6 Å². The number of hydrogen-bond acceptors (Lipinski definition) is 2. The Bertz CT molecular complexity index is 868. The third-order valence-corrected chi connectivity index (χ3v) is 5.63. The smallest absolute Gasteiger partial charge is 0.230 e. The maximum Gasteiger partial charge on any atom is 0.230 e. The van der Waals surface area contributed by atoms with E-state index in [0.29, 0.717) is 28.7 Å². The molecule has 0 bridgehead atoms. The summed E-state index contributed by atoms with van der Waals surface area (Å²) in [7, 11) is 0. The Morgan fingerprint density at radius 3 is 2.68 bits per heavy atom. The van der Waals surface area contributed by atoms with E-state index < -0.39 is 0 Å². The van der Waals surface area contributed by atoms with E-state index in [1.807, 2.05) is 24.3 Å². The van der Waals surface area contributed by atoms with Crippen LogP contribution < -0.4 is 10.2 Å². The van der Waals surface area contributed by atoms with Gasteiger partial charge in [0.2, 0.25) is 11.8 Å². The molecule has 1 fully saturated rings. The fourth-order valence-corrected chi connectivity index (χ4v) is 3.70. The van der Waals surface area contributed by atoms with E-state index in [9.17, 15) is 9.59 Å². The molecule has 0 spiro atoms. The molecule has 2 aromatic rings. The van der Waals surface area contributed by atoms with E-state index in [0.717, 1.165) is 12.1 Å². The normalized spacial score (nSPS) is 21.0. The summed E-state index contributed by atoms with van der Waals surface area (Å²) in [6, 6.07) is 13.0. The van der Waals surface area contributed by atoms with Crippen molar-refractivity contribution in [1.29, 1.82) is 0 Å². The number of carbonyl (C=O) groups is 2. The maximum atomic E-state index is 12.8. The van der Waals surface area contributed by atoms with Crippen molar-refractivity contribution in [3.63, 3.8) is 0 Å². The van der Waals surface area contributed by atoms with Gasteiger partial charge < -0.3 is 10.2 Å². The van der Waals surface area contributed by atoms with E-state index in [2.05, 4.69) is 5.32 Å². The number of fused-ring (bicyclic) bond motifs is 1. The van der Waals surface area contributed by atoms with Gasteiger partial charge in [0.1, 0.15) is 0 Å². The van der Waals surface area contributed by atoms with Gasteiger partial charge in [0.25, 0.3) is 0 Å². The Morgan fingerprint density at radius 2 is 1.84 bits per heavy atom. The fourth-order valence-electron chi connectivity index (χ4n) is 3.35. The van der Waals surface area contributed by atoms with Crippen molar-refractivity contribution in [3.8, 4) is 0 Å². The van der Waals surface area contributed by atoms with Crippen LogP contribution in [0.3, 0.4) is 0 Å². The molecule has 0 aromatic heterocycles. The summed E-state index contributed by atoms with van der Waals surface area (Å²) in [6.45, 7) is 0.684. The number of hydrogen-bond donors (Lipinski definition) is 1. The van der Waals surface area contributed by atoms with Gasteiger partial charge in [-0.2, -0.15) is 0 Å². The van der Waals surface area contributed by atoms with Crippen LogP contribution in [0.2, 0.25) is 10.0 Å². The second-order valence-electron chi connectivity index (χ2n) is 6.41. The average Bonchev–Trinajstić information content (AvgIpc) is 3.30. The molecule has 2 aromatic carbocycles. The van der Waals surface area contributed by atoms with Crippen molar-refractivity contribution >= 4 is 46.4 Å². The monoisotopic (exact) mass is 374 g/mol. The first-order chi connectivity index (χ1) is 12.1. The molecule has 0 saturated heterocycles. The molecule has 0 radical (unpaired) electrons. The molecule has 2 atom stereocenters. The summed E-state index contributed by atoms with van der Waals surface area (Å²) in [5, 5.41) is 3.48. The van der Waals surface area contributed by atoms with Crippen molar-refractivity contribution in [2.24, 2.45) is 11.8 Å². The van der Waals surface area contributed by atoms with Gasteiger partial charge in [-0.05, 0) is 36.6 Å². The quantitative estimate of drug-likeness (QED) is 0.876. The van der Waals surface area contributed by atoms with Gasteiger partial charge in [-0.25, -0.2) is 0 Å². The Kier molecular flexibility index (Phi) is 4.18. The largest absolute Gasteiger partial charge is 0.324 e. The Morgan fingerprint density at radius 1 is 1.04 bits per heavy atom. The van der Waals surface area contributed by atoms with Gasteiger partial charge in [-0.3, -0.25) is 9.59 Å². The van der Waals surface area contributed by atoms with Gasteiger partial charge in [0, 0.05) is 12.2 Å². The number of benzene rings is 2. The second kappa shape index (κ2) is 6.36. The van der Waals surface area contributed by atoms with E-state index >= 15 is 0 Å². The first-order valence-corrected chi connectivity index (χ1v) is 8.96. The molecule has 25 heavy (non-hydrogen) atoms. The minimum atomic E-state index is -0.310. The Hall–Kier alpha value is -2.04. The first kappa shape index (κ1) is 16.4. The Balaban J connectivity index is 1.43. The highest BCUT2D eigenvalue weighted by Crippen LogP contribution is 2.43. The number of rotatable bonds is 3. The van der Waals surface area contributed by atoms with Crippen molar-refractivity contribution in [3.05, 3.63) is 58.1 Å². The molecule has 128 valence electrons. The summed E-state index contributed by atoms with van der Waals surface area (Å²) in [5.41, 5.74) is 2.63. The van der Waals surface area contributed by atoms with Crippen LogP contribution in [0, 0.1) is 11.8 Å².